The van der Waals surface area contributed by atoms with Crippen LogP contribution in [0.15, 0.2) is 28.9 Å². The quantitative estimate of drug-likeness (QED) is 0.839. The summed E-state index contributed by atoms with van der Waals surface area (Å²) in [6, 6.07) is 5.71. The Bertz CT molecular complexity index is 616. The number of thioether (sulfide) groups is 1. The summed E-state index contributed by atoms with van der Waals surface area (Å²) in [6.45, 7) is 1.14. The van der Waals surface area contributed by atoms with E-state index in [2.05, 4.69) is 15.1 Å². The molecule has 1 atom stereocenters. The van der Waals surface area contributed by atoms with Crippen LogP contribution in [0, 0.1) is 0 Å². The average Bonchev–Trinajstić information content (AvgIpc) is 3.08. The predicted octanol–water partition coefficient (Wildman–Crippen LogP) is 1.84. The molecule has 110 valence electrons. The number of hydrogen-bond donors (Lipinski definition) is 0. The van der Waals surface area contributed by atoms with E-state index >= 15 is 0 Å². The summed E-state index contributed by atoms with van der Waals surface area (Å²) < 4.78 is 5.28. The van der Waals surface area contributed by atoms with Gasteiger partial charge in [0.2, 0.25) is 11.8 Å². The molecule has 0 aliphatic carbocycles. The molecule has 1 fully saturated rings. The molecule has 0 spiro atoms. The Morgan fingerprint density at radius 3 is 3.14 bits per heavy atom. The van der Waals surface area contributed by atoms with E-state index in [1.807, 2.05) is 24.5 Å². The van der Waals surface area contributed by atoms with Crippen molar-refractivity contribution >= 4 is 17.7 Å². The first-order valence-electron chi connectivity index (χ1n) is 6.75. The molecule has 0 saturated carbocycles. The van der Waals surface area contributed by atoms with Gasteiger partial charge in [-0.2, -0.15) is 16.7 Å². The van der Waals surface area contributed by atoms with E-state index < -0.39 is 0 Å². The molecule has 3 rings (SSSR count). The van der Waals surface area contributed by atoms with E-state index in [1.165, 1.54) is 0 Å². The topological polar surface area (TPSA) is 72.1 Å². The second kappa shape index (κ2) is 6.26. The molecule has 0 unspecified atom stereocenters. The molecule has 6 nitrogen and oxygen atoms in total. The van der Waals surface area contributed by atoms with Gasteiger partial charge in [0.1, 0.15) is 0 Å². The molecule has 7 heteroatoms. The molecule has 1 aliphatic heterocycles. The second-order valence-corrected chi connectivity index (χ2v) is 5.84. The molecule has 2 aromatic rings. The number of carbonyl (C=O) groups is 1. The maximum absolute atomic E-state index is 12.1. The molecular formula is C14H16N4O2S. The Kier molecular flexibility index (Phi) is 4.19. The zero-order valence-electron chi connectivity index (χ0n) is 11.7. The smallest absolute Gasteiger partial charge is 0.232 e. The first-order chi connectivity index (χ1) is 10.3. The van der Waals surface area contributed by atoms with Gasteiger partial charge in [0.25, 0.3) is 0 Å². The second-order valence-electron chi connectivity index (χ2n) is 4.98. The highest BCUT2D eigenvalue weighted by Gasteiger charge is 2.34. The lowest BCUT2D eigenvalue weighted by Gasteiger charge is -2.15. The van der Waals surface area contributed by atoms with Crippen LogP contribution in [0.1, 0.15) is 29.7 Å². The van der Waals surface area contributed by atoms with Crippen molar-refractivity contribution < 1.29 is 9.32 Å². The normalized spacial score (nSPS) is 18.4. The third-order valence-electron chi connectivity index (χ3n) is 3.40. The first kappa shape index (κ1) is 14.1. The van der Waals surface area contributed by atoms with Gasteiger partial charge in [0.05, 0.1) is 23.9 Å². The largest absolute Gasteiger partial charge is 0.339 e. The van der Waals surface area contributed by atoms with E-state index in [0.717, 1.165) is 11.4 Å². The lowest BCUT2D eigenvalue weighted by atomic mass is 10.1. The summed E-state index contributed by atoms with van der Waals surface area (Å²) in [5.74, 6) is 2.07. The zero-order chi connectivity index (χ0) is 14.7. The molecule has 0 N–H and O–H groups in total. The summed E-state index contributed by atoms with van der Waals surface area (Å²) in [7, 11) is 0. The van der Waals surface area contributed by atoms with Gasteiger partial charge in [0, 0.05) is 19.2 Å². The van der Waals surface area contributed by atoms with Crippen molar-refractivity contribution in [1.82, 2.24) is 20.0 Å². The SMILES string of the molecule is CSCc1noc([C@@H]2CC(=O)N(Cc3ccccn3)C2)n1. The molecule has 0 aromatic carbocycles. The number of carbonyl (C=O) groups excluding carboxylic acids is 1. The van der Waals surface area contributed by atoms with Crippen LogP contribution in [0.4, 0.5) is 0 Å². The van der Waals surface area contributed by atoms with Crippen LogP contribution in [-0.2, 0) is 17.1 Å². The number of likely N-dealkylation sites (tertiary alicyclic amines) is 1. The standard InChI is InChI=1S/C14H16N4O2S/c1-21-9-12-16-14(20-17-12)10-6-13(19)18(7-10)8-11-4-2-3-5-15-11/h2-5,10H,6-9H2,1H3/t10-/m1/s1. The number of pyridine rings is 1. The van der Waals surface area contributed by atoms with Gasteiger partial charge in [-0.25, -0.2) is 0 Å². The molecule has 0 radical (unpaired) electrons. The van der Waals surface area contributed by atoms with Gasteiger partial charge in [-0.15, -0.1) is 0 Å². The molecule has 1 saturated heterocycles. The summed E-state index contributed by atoms with van der Waals surface area (Å²) in [5, 5.41) is 3.94. The van der Waals surface area contributed by atoms with Gasteiger partial charge < -0.3 is 9.42 Å². The Labute approximate surface area is 126 Å². The Morgan fingerprint density at radius 1 is 1.48 bits per heavy atom. The number of amides is 1. The van der Waals surface area contributed by atoms with Gasteiger partial charge in [0.15, 0.2) is 5.82 Å². The monoisotopic (exact) mass is 304 g/mol. The molecule has 2 aromatic heterocycles. The summed E-state index contributed by atoms with van der Waals surface area (Å²) in [4.78, 5) is 22.5. The highest BCUT2D eigenvalue weighted by molar-refractivity contribution is 7.97. The fraction of sp³-hybridized carbons (Fsp3) is 0.429. The van der Waals surface area contributed by atoms with E-state index in [0.29, 0.717) is 31.2 Å². The van der Waals surface area contributed by atoms with Crippen molar-refractivity contribution in [2.45, 2.75) is 24.6 Å². The van der Waals surface area contributed by atoms with Crippen molar-refractivity contribution in [2.75, 3.05) is 12.8 Å². The van der Waals surface area contributed by atoms with Crippen LogP contribution < -0.4 is 0 Å². The highest BCUT2D eigenvalue weighted by Crippen LogP contribution is 2.28. The van der Waals surface area contributed by atoms with Crippen molar-refractivity contribution in [3.05, 3.63) is 41.8 Å². The van der Waals surface area contributed by atoms with E-state index in [-0.39, 0.29) is 11.8 Å². The van der Waals surface area contributed by atoms with Crippen LogP contribution in [0.3, 0.4) is 0 Å². The average molecular weight is 304 g/mol. The summed E-state index contributed by atoms with van der Waals surface area (Å²) >= 11 is 1.64. The zero-order valence-corrected chi connectivity index (χ0v) is 12.5. The number of rotatable bonds is 5. The fourth-order valence-corrected chi connectivity index (χ4v) is 2.77. The van der Waals surface area contributed by atoms with Crippen LogP contribution in [0.25, 0.3) is 0 Å². The van der Waals surface area contributed by atoms with Crippen LogP contribution >= 0.6 is 11.8 Å². The highest BCUT2D eigenvalue weighted by atomic mass is 32.2. The van der Waals surface area contributed by atoms with Gasteiger partial charge in [-0.05, 0) is 18.4 Å². The van der Waals surface area contributed by atoms with Gasteiger partial charge >= 0.3 is 0 Å². The van der Waals surface area contributed by atoms with E-state index in [4.69, 9.17) is 4.52 Å². The lowest BCUT2D eigenvalue weighted by Crippen LogP contribution is -2.24. The minimum absolute atomic E-state index is 0.00989. The maximum atomic E-state index is 12.1. The molecule has 1 amide bonds. The molecule has 21 heavy (non-hydrogen) atoms. The maximum Gasteiger partial charge on any atom is 0.232 e. The van der Waals surface area contributed by atoms with E-state index in [1.54, 1.807) is 22.9 Å². The Hall–Kier alpha value is -1.89. The predicted molar refractivity (Wildman–Crippen MR) is 78.5 cm³/mol. The number of hydrogen-bond acceptors (Lipinski definition) is 6. The molecule has 3 heterocycles. The van der Waals surface area contributed by atoms with Crippen molar-refractivity contribution in [1.29, 1.82) is 0 Å². The summed E-state index contributed by atoms with van der Waals surface area (Å²) in [5.41, 5.74) is 0.889. The van der Waals surface area contributed by atoms with Gasteiger partial charge in [-0.1, -0.05) is 11.2 Å². The van der Waals surface area contributed by atoms with E-state index in [9.17, 15) is 4.79 Å². The number of aromatic nitrogens is 3. The lowest BCUT2D eigenvalue weighted by molar-refractivity contribution is -0.128. The molecule has 1 aliphatic rings. The Balaban J connectivity index is 1.66. The summed E-state index contributed by atoms with van der Waals surface area (Å²) in [6.07, 6.45) is 4.15. The van der Waals surface area contributed by atoms with Crippen molar-refractivity contribution in [3.63, 3.8) is 0 Å². The molecular weight excluding hydrogens is 288 g/mol. The first-order valence-corrected chi connectivity index (χ1v) is 8.14. The molecule has 0 bridgehead atoms. The number of nitrogens with zero attached hydrogens (tertiary/aromatic N) is 4. The third kappa shape index (κ3) is 3.24. The third-order valence-corrected chi connectivity index (χ3v) is 3.95. The van der Waals surface area contributed by atoms with Gasteiger partial charge in [-0.3, -0.25) is 9.78 Å². The fourth-order valence-electron chi connectivity index (χ4n) is 2.40. The van der Waals surface area contributed by atoms with Crippen molar-refractivity contribution in [2.24, 2.45) is 0 Å². The minimum atomic E-state index is -0.00989. The van der Waals surface area contributed by atoms with Crippen LogP contribution in [0.5, 0.6) is 0 Å². The van der Waals surface area contributed by atoms with Crippen LogP contribution in [0.2, 0.25) is 0 Å². The minimum Gasteiger partial charge on any atom is -0.339 e. The Morgan fingerprint density at radius 2 is 2.38 bits per heavy atom. The van der Waals surface area contributed by atoms with Crippen molar-refractivity contribution in [3.8, 4) is 0 Å². The van der Waals surface area contributed by atoms with Crippen LogP contribution in [-0.4, -0.2) is 38.7 Å².